The third-order valence-corrected chi connectivity index (χ3v) is 0.574. The van der Waals surface area contributed by atoms with Gasteiger partial charge in [-0.15, -0.1) is 0 Å². The average Bonchev–Trinajstić information content (AvgIpc) is 1.83. The molecule has 3 nitrogen and oxygen atoms in total. The van der Waals surface area contributed by atoms with Crippen LogP contribution in [0.2, 0.25) is 0 Å². The van der Waals surface area contributed by atoms with Crippen molar-refractivity contribution in [1.29, 1.82) is 0 Å². The molecule has 0 aliphatic rings. The summed E-state index contributed by atoms with van der Waals surface area (Å²) >= 11 is 0. The Morgan fingerprint density at radius 1 is 1.75 bits per heavy atom. The second-order valence-corrected chi connectivity index (χ2v) is 1.24. The molecule has 0 fully saturated rings. The van der Waals surface area contributed by atoms with Gasteiger partial charge in [-0.05, 0) is 6.08 Å². The third kappa shape index (κ3) is 3.00. The van der Waals surface area contributed by atoms with Crippen molar-refractivity contribution in [1.82, 2.24) is 0 Å². The van der Waals surface area contributed by atoms with Crippen molar-refractivity contribution in [3.8, 4) is 0 Å². The van der Waals surface area contributed by atoms with Gasteiger partial charge in [0.15, 0.2) is 0 Å². The second kappa shape index (κ2) is 3.96. The van der Waals surface area contributed by atoms with Crippen molar-refractivity contribution in [2.45, 2.75) is 6.92 Å². The van der Waals surface area contributed by atoms with Crippen LogP contribution in [0.25, 0.3) is 5.53 Å². The first-order valence-electron chi connectivity index (χ1n) is 2.11. The van der Waals surface area contributed by atoms with Crippen LogP contribution in [0.3, 0.4) is 0 Å². The molecule has 0 saturated carbocycles. The van der Waals surface area contributed by atoms with E-state index < -0.39 is 0 Å². The van der Waals surface area contributed by atoms with E-state index in [-0.39, 0.29) is 0 Å². The zero-order chi connectivity index (χ0) is 6.41. The van der Waals surface area contributed by atoms with Crippen molar-refractivity contribution in [3.63, 3.8) is 0 Å². The standard InChI is InChI=1S/C5H6N2O/c1-5(7-6)3-2-4-8/h2-4H,1H3/b3-2+. The number of carbonyl (C=O) groups is 1. The fourth-order valence-electron chi connectivity index (χ4n) is 0.212. The van der Waals surface area contributed by atoms with Crippen molar-refractivity contribution in [3.05, 3.63) is 17.7 Å². The Bertz CT molecular complexity index is 154. The van der Waals surface area contributed by atoms with Gasteiger partial charge in [0.25, 0.3) is 5.71 Å². The van der Waals surface area contributed by atoms with Gasteiger partial charge < -0.3 is 5.53 Å². The normalized spacial score (nSPS) is 8.62. The number of aldehydes is 1. The topological polar surface area (TPSA) is 53.5 Å². The Balaban J connectivity index is 3.89. The van der Waals surface area contributed by atoms with E-state index >= 15 is 0 Å². The number of rotatable bonds is 2. The summed E-state index contributed by atoms with van der Waals surface area (Å²) in [6.45, 7) is 1.58. The highest BCUT2D eigenvalue weighted by Crippen LogP contribution is 1.69. The summed E-state index contributed by atoms with van der Waals surface area (Å²) in [6.07, 6.45) is 3.29. The SMILES string of the molecule is CC(/C=C/C=O)=[N+]=[N-]. The smallest absolute Gasteiger partial charge is 0.289 e. The summed E-state index contributed by atoms with van der Waals surface area (Å²) in [7, 11) is 0. The minimum atomic E-state index is 0.414. The van der Waals surface area contributed by atoms with Crippen molar-refractivity contribution < 1.29 is 9.58 Å². The van der Waals surface area contributed by atoms with Gasteiger partial charge in [0.2, 0.25) is 0 Å². The summed E-state index contributed by atoms with van der Waals surface area (Å²) in [5.74, 6) is 0. The molecule has 3 heteroatoms. The van der Waals surface area contributed by atoms with Crippen LogP contribution >= 0.6 is 0 Å². The third-order valence-electron chi connectivity index (χ3n) is 0.574. The van der Waals surface area contributed by atoms with Crippen LogP contribution in [-0.4, -0.2) is 16.8 Å². The van der Waals surface area contributed by atoms with E-state index in [9.17, 15) is 4.79 Å². The number of allylic oxidation sites excluding steroid dienone is 2. The lowest BCUT2D eigenvalue weighted by Gasteiger charge is -1.65. The Morgan fingerprint density at radius 3 is 2.75 bits per heavy atom. The van der Waals surface area contributed by atoms with Crippen molar-refractivity contribution in [2.75, 3.05) is 0 Å². The second-order valence-electron chi connectivity index (χ2n) is 1.24. The minimum absolute atomic E-state index is 0.414. The zero-order valence-corrected chi connectivity index (χ0v) is 4.53. The average molecular weight is 110 g/mol. The van der Waals surface area contributed by atoms with Gasteiger partial charge >= 0.3 is 0 Å². The molecule has 0 amide bonds. The van der Waals surface area contributed by atoms with E-state index in [2.05, 4.69) is 4.79 Å². The van der Waals surface area contributed by atoms with Crippen LogP contribution in [0, 0.1) is 0 Å². The molecule has 0 aromatic carbocycles. The Kier molecular flexibility index (Phi) is 3.36. The van der Waals surface area contributed by atoms with E-state index in [1.54, 1.807) is 6.92 Å². The Morgan fingerprint density at radius 2 is 2.38 bits per heavy atom. The first kappa shape index (κ1) is 6.79. The first-order chi connectivity index (χ1) is 3.81. The molecule has 0 unspecified atom stereocenters. The Labute approximate surface area is 47.3 Å². The number of carbonyl (C=O) groups excluding carboxylic acids is 1. The van der Waals surface area contributed by atoms with E-state index in [1.165, 1.54) is 12.2 Å². The van der Waals surface area contributed by atoms with Crippen LogP contribution < -0.4 is 0 Å². The molecule has 0 bridgehead atoms. The van der Waals surface area contributed by atoms with Crippen LogP contribution in [0.5, 0.6) is 0 Å². The fourth-order valence-corrected chi connectivity index (χ4v) is 0.212. The molecule has 0 rings (SSSR count). The molecule has 42 valence electrons. The monoisotopic (exact) mass is 110 g/mol. The maximum atomic E-state index is 9.60. The maximum absolute atomic E-state index is 9.60. The van der Waals surface area contributed by atoms with Crippen molar-refractivity contribution >= 4 is 12.0 Å². The predicted molar refractivity (Wildman–Crippen MR) is 29.5 cm³/mol. The van der Waals surface area contributed by atoms with Gasteiger partial charge in [-0.3, -0.25) is 4.79 Å². The highest BCUT2D eigenvalue weighted by Gasteiger charge is 1.84. The molecular formula is C5H6N2O. The lowest BCUT2D eigenvalue weighted by atomic mass is 10.4. The molecule has 0 aliphatic carbocycles. The summed E-state index contributed by atoms with van der Waals surface area (Å²) < 4.78 is 0. The highest BCUT2D eigenvalue weighted by atomic mass is 16.1. The molecule has 0 aliphatic heterocycles. The van der Waals surface area contributed by atoms with Gasteiger partial charge in [0, 0.05) is 13.0 Å². The number of hydrogen-bond donors (Lipinski definition) is 0. The summed E-state index contributed by atoms with van der Waals surface area (Å²) in [5.41, 5.74) is 8.40. The quantitative estimate of drug-likeness (QED) is 0.167. The van der Waals surface area contributed by atoms with E-state index in [0.29, 0.717) is 12.0 Å². The number of hydrogen-bond acceptors (Lipinski definition) is 1. The lowest BCUT2D eigenvalue weighted by Crippen LogP contribution is -1.83. The maximum Gasteiger partial charge on any atom is 0.289 e. The summed E-state index contributed by atoms with van der Waals surface area (Å²) in [6, 6.07) is 0. The Hall–Kier alpha value is -1.21. The van der Waals surface area contributed by atoms with Gasteiger partial charge in [0.05, 0.1) is 0 Å². The minimum Gasteiger partial charge on any atom is -0.361 e. The fraction of sp³-hybridized carbons (Fsp3) is 0.200. The molecule has 0 radical (unpaired) electrons. The van der Waals surface area contributed by atoms with Crippen LogP contribution in [0.15, 0.2) is 12.2 Å². The van der Waals surface area contributed by atoms with Crippen LogP contribution in [0.4, 0.5) is 0 Å². The molecular weight excluding hydrogens is 104 g/mol. The molecule has 0 heterocycles. The van der Waals surface area contributed by atoms with E-state index in [4.69, 9.17) is 5.53 Å². The van der Waals surface area contributed by atoms with Crippen LogP contribution in [-0.2, 0) is 4.79 Å². The predicted octanol–water partition coefficient (Wildman–Crippen LogP) is 0.432. The lowest BCUT2D eigenvalue weighted by molar-refractivity contribution is -0.104. The number of nitrogens with zero attached hydrogens (tertiary/aromatic N) is 2. The summed E-state index contributed by atoms with van der Waals surface area (Å²) in [5, 5.41) is 0. The van der Waals surface area contributed by atoms with Gasteiger partial charge in [-0.1, -0.05) is 0 Å². The largest absolute Gasteiger partial charge is 0.361 e. The summed E-state index contributed by atoms with van der Waals surface area (Å²) in [4.78, 5) is 12.4. The molecule has 0 aromatic heterocycles. The van der Waals surface area contributed by atoms with E-state index in [0.717, 1.165) is 0 Å². The molecule has 0 N–H and O–H groups in total. The van der Waals surface area contributed by atoms with Gasteiger partial charge in [0.1, 0.15) is 6.29 Å². The zero-order valence-electron chi connectivity index (χ0n) is 4.53. The molecule has 0 atom stereocenters. The van der Waals surface area contributed by atoms with Gasteiger partial charge in [-0.2, -0.15) is 4.79 Å². The molecule has 0 saturated heterocycles. The van der Waals surface area contributed by atoms with Crippen molar-refractivity contribution in [2.24, 2.45) is 0 Å². The first-order valence-corrected chi connectivity index (χ1v) is 2.11. The van der Waals surface area contributed by atoms with Gasteiger partial charge in [-0.25, -0.2) is 0 Å². The van der Waals surface area contributed by atoms with Crippen LogP contribution in [0.1, 0.15) is 6.92 Å². The highest BCUT2D eigenvalue weighted by molar-refractivity contribution is 5.91. The molecule has 0 spiro atoms. The molecule has 8 heavy (non-hydrogen) atoms. The van der Waals surface area contributed by atoms with E-state index in [1.807, 2.05) is 0 Å². The molecule has 0 aromatic rings.